The average Bonchev–Trinajstić information content (AvgIpc) is 2.99. The second-order valence-corrected chi connectivity index (χ2v) is 10.1. The van der Waals surface area contributed by atoms with Gasteiger partial charge in [0.1, 0.15) is 11.5 Å². The average molecular weight is 619 g/mol. The predicted octanol–water partition coefficient (Wildman–Crippen LogP) is 6.75. The van der Waals surface area contributed by atoms with E-state index in [0.29, 0.717) is 37.4 Å². The largest absolute Gasteiger partial charge is 0.573 e. The zero-order chi connectivity index (χ0) is 31.2. The number of anilines is 2. The molecular weight excluding hydrogens is 590 g/mol. The first-order valence-electron chi connectivity index (χ1n) is 13.6. The zero-order valence-electron chi connectivity index (χ0n) is 23.2. The van der Waals surface area contributed by atoms with Gasteiger partial charge in [-0.2, -0.15) is 0 Å². The van der Waals surface area contributed by atoms with Gasteiger partial charge in [-0.05, 0) is 47.4 Å². The summed E-state index contributed by atoms with van der Waals surface area (Å²) < 4.78 is 93.0. The van der Waals surface area contributed by atoms with Crippen molar-refractivity contribution in [2.24, 2.45) is 0 Å². The standard InChI is InChI=1S/C31H28F6N4O3/c32-30(33,34)43-26-10-4-8-23(16-26)29(18-22-6-2-1-3-7-22,24-9-5-11-27(17-24)44-31(35,36)37)21-40-28-38-19-25(20-39-28)41-12-14-42-15-13-41/h1-11,16-17,19-20H,12-15,18,21H2,(H,38,39,40). The van der Waals surface area contributed by atoms with Crippen LogP contribution in [0.4, 0.5) is 38.0 Å². The summed E-state index contributed by atoms with van der Waals surface area (Å²) in [6.07, 6.45) is -6.42. The summed E-state index contributed by atoms with van der Waals surface area (Å²) in [5, 5.41) is 3.18. The molecule has 1 N–H and O–H groups in total. The third-order valence-electron chi connectivity index (χ3n) is 7.15. The molecule has 1 aromatic heterocycles. The van der Waals surface area contributed by atoms with E-state index in [-0.39, 0.29) is 18.9 Å². The molecule has 7 nitrogen and oxygen atoms in total. The van der Waals surface area contributed by atoms with Crippen molar-refractivity contribution in [1.29, 1.82) is 0 Å². The molecular formula is C31H28F6N4O3. The van der Waals surface area contributed by atoms with Crippen molar-refractivity contribution in [3.05, 3.63) is 108 Å². The fraction of sp³-hybridized carbons (Fsp3) is 0.290. The molecule has 232 valence electrons. The van der Waals surface area contributed by atoms with Crippen LogP contribution in [0.3, 0.4) is 0 Å². The Morgan fingerprint density at radius 3 is 1.80 bits per heavy atom. The molecule has 0 bridgehead atoms. The van der Waals surface area contributed by atoms with Crippen molar-refractivity contribution in [1.82, 2.24) is 9.97 Å². The maximum absolute atomic E-state index is 13.2. The van der Waals surface area contributed by atoms with E-state index >= 15 is 0 Å². The third-order valence-corrected chi connectivity index (χ3v) is 7.15. The van der Waals surface area contributed by atoms with Crippen LogP contribution in [0, 0.1) is 0 Å². The lowest BCUT2D eigenvalue weighted by Crippen LogP contribution is -2.39. The van der Waals surface area contributed by atoms with Gasteiger partial charge < -0.3 is 24.4 Å². The minimum Gasteiger partial charge on any atom is -0.406 e. The Labute approximate surface area is 249 Å². The van der Waals surface area contributed by atoms with Crippen LogP contribution in [0.2, 0.25) is 0 Å². The number of hydrogen-bond donors (Lipinski definition) is 1. The number of nitrogens with one attached hydrogen (secondary N) is 1. The van der Waals surface area contributed by atoms with Crippen molar-refractivity contribution in [3.63, 3.8) is 0 Å². The Kier molecular flexibility index (Phi) is 9.14. The van der Waals surface area contributed by atoms with Crippen molar-refractivity contribution in [3.8, 4) is 11.5 Å². The molecule has 0 atom stereocenters. The van der Waals surface area contributed by atoms with E-state index < -0.39 is 29.6 Å². The summed E-state index contributed by atoms with van der Waals surface area (Å²) in [7, 11) is 0. The van der Waals surface area contributed by atoms with Crippen LogP contribution < -0.4 is 19.7 Å². The summed E-state index contributed by atoms with van der Waals surface area (Å²) in [4.78, 5) is 10.9. The summed E-state index contributed by atoms with van der Waals surface area (Å²) in [6.45, 7) is 2.52. The van der Waals surface area contributed by atoms with Crippen LogP contribution in [0.5, 0.6) is 11.5 Å². The van der Waals surface area contributed by atoms with Gasteiger partial charge in [-0.3, -0.25) is 0 Å². The molecule has 3 aromatic carbocycles. The lowest BCUT2D eigenvalue weighted by molar-refractivity contribution is -0.275. The molecule has 1 fully saturated rings. The van der Waals surface area contributed by atoms with Crippen molar-refractivity contribution in [2.45, 2.75) is 24.6 Å². The molecule has 0 saturated carbocycles. The highest BCUT2D eigenvalue weighted by molar-refractivity contribution is 5.50. The molecule has 0 aliphatic carbocycles. The maximum Gasteiger partial charge on any atom is 0.573 e. The number of benzene rings is 3. The topological polar surface area (TPSA) is 68.7 Å². The highest BCUT2D eigenvalue weighted by Gasteiger charge is 2.38. The zero-order valence-corrected chi connectivity index (χ0v) is 23.2. The monoisotopic (exact) mass is 618 g/mol. The second-order valence-electron chi connectivity index (χ2n) is 10.1. The van der Waals surface area contributed by atoms with Gasteiger partial charge in [-0.25, -0.2) is 9.97 Å². The van der Waals surface area contributed by atoms with E-state index in [1.165, 1.54) is 24.3 Å². The minimum absolute atomic E-state index is 0.0102. The fourth-order valence-corrected chi connectivity index (χ4v) is 5.19. The smallest absolute Gasteiger partial charge is 0.406 e. The molecule has 0 amide bonds. The summed E-state index contributed by atoms with van der Waals surface area (Å²) in [5.74, 6) is -0.715. The van der Waals surface area contributed by atoms with Gasteiger partial charge in [0.05, 0.1) is 31.3 Å². The maximum atomic E-state index is 13.2. The second kappa shape index (κ2) is 13.0. The number of rotatable bonds is 10. The van der Waals surface area contributed by atoms with Crippen LogP contribution in [0.1, 0.15) is 16.7 Å². The van der Waals surface area contributed by atoms with Crippen molar-refractivity contribution >= 4 is 11.6 Å². The van der Waals surface area contributed by atoms with Gasteiger partial charge in [-0.15, -0.1) is 26.3 Å². The van der Waals surface area contributed by atoms with Gasteiger partial charge in [0.15, 0.2) is 0 Å². The summed E-state index contributed by atoms with van der Waals surface area (Å²) in [5.41, 5.74) is 1.03. The SMILES string of the molecule is FC(F)(F)Oc1cccc(C(CNc2ncc(N3CCOCC3)cn2)(Cc2ccccc2)c2cccc(OC(F)(F)F)c2)c1. The Morgan fingerprint density at radius 1 is 0.727 bits per heavy atom. The first kappa shape index (κ1) is 30.9. The minimum atomic E-state index is -4.95. The molecule has 1 saturated heterocycles. The van der Waals surface area contributed by atoms with Gasteiger partial charge in [-0.1, -0.05) is 54.6 Å². The molecule has 5 rings (SSSR count). The Balaban J connectivity index is 1.58. The first-order valence-corrected chi connectivity index (χ1v) is 13.6. The first-order chi connectivity index (χ1) is 21.0. The van der Waals surface area contributed by atoms with Crippen LogP contribution >= 0.6 is 0 Å². The molecule has 0 radical (unpaired) electrons. The van der Waals surface area contributed by atoms with Gasteiger partial charge in [0.2, 0.25) is 5.95 Å². The Morgan fingerprint density at radius 2 is 1.27 bits per heavy atom. The van der Waals surface area contributed by atoms with Crippen molar-refractivity contribution < 1.29 is 40.6 Å². The predicted molar refractivity (Wildman–Crippen MR) is 151 cm³/mol. The highest BCUT2D eigenvalue weighted by Crippen LogP contribution is 2.40. The number of alkyl halides is 6. The van der Waals surface area contributed by atoms with E-state index in [4.69, 9.17) is 4.74 Å². The molecule has 0 spiro atoms. The van der Waals surface area contributed by atoms with Crippen LogP contribution in [-0.2, 0) is 16.6 Å². The molecule has 4 aromatic rings. The lowest BCUT2D eigenvalue weighted by Gasteiger charge is -2.36. The molecule has 1 aliphatic heterocycles. The van der Waals surface area contributed by atoms with Crippen molar-refractivity contribution in [2.75, 3.05) is 43.1 Å². The van der Waals surface area contributed by atoms with Crippen LogP contribution in [0.25, 0.3) is 0 Å². The fourth-order valence-electron chi connectivity index (χ4n) is 5.19. The normalized spacial score (nSPS) is 14.3. The molecule has 1 aliphatic rings. The summed E-state index contributed by atoms with van der Waals surface area (Å²) in [6, 6.07) is 19.9. The van der Waals surface area contributed by atoms with Crippen LogP contribution in [0.15, 0.2) is 91.3 Å². The Bertz CT molecular complexity index is 1450. The van der Waals surface area contributed by atoms with Gasteiger partial charge >= 0.3 is 12.7 Å². The quantitative estimate of drug-likeness (QED) is 0.197. The van der Waals surface area contributed by atoms with E-state index in [1.807, 2.05) is 18.2 Å². The Hall–Kier alpha value is -4.52. The molecule has 2 heterocycles. The third kappa shape index (κ3) is 8.10. The van der Waals surface area contributed by atoms with Gasteiger partial charge in [0, 0.05) is 25.0 Å². The lowest BCUT2D eigenvalue weighted by atomic mass is 9.70. The van der Waals surface area contributed by atoms with Crippen LogP contribution in [-0.4, -0.2) is 55.5 Å². The molecule has 44 heavy (non-hydrogen) atoms. The van der Waals surface area contributed by atoms with E-state index in [2.05, 4.69) is 29.7 Å². The molecule has 0 unspecified atom stereocenters. The number of ether oxygens (including phenoxy) is 3. The summed E-state index contributed by atoms with van der Waals surface area (Å²) >= 11 is 0. The van der Waals surface area contributed by atoms with E-state index in [1.54, 1.807) is 36.7 Å². The van der Waals surface area contributed by atoms with E-state index in [9.17, 15) is 26.3 Å². The van der Waals surface area contributed by atoms with E-state index in [0.717, 1.165) is 23.4 Å². The molecule has 13 heteroatoms. The number of halogens is 6. The number of nitrogens with zero attached hydrogens (tertiary/aromatic N) is 3. The van der Waals surface area contributed by atoms with Gasteiger partial charge in [0.25, 0.3) is 0 Å². The highest BCUT2D eigenvalue weighted by atomic mass is 19.4. The number of morpholine rings is 1. The number of aromatic nitrogens is 2. The number of hydrogen-bond acceptors (Lipinski definition) is 7.